The van der Waals surface area contributed by atoms with Gasteiger partial charge in [0.25, 0.3) is 0 Å². The molecule has 0 radical (unpaired) electrons. The topological polar surface area (TPSA) is 254 Å². The number of hydrogen-bond acceptors (Lipinski definition) is 16. The highest BCUT2D eigenvalue weighted by molar-refractivity contribution is 8.00. The third-order valence-electron chi connectivity index (χ3n) is 26.6. The Bertz CT molecular complexity index is 6800. The van der Waals surface area contributed by atoms with E-state index in [2.05, 4.69) is 117 Å². The minimum atomic E-state index is -2.90. The Balaban J connectivity index is 0.000000142. The zero-order valence-corrected chi connectivity index (χ0v) is 78.4. The Morgan fingerprint density at radius 1 is 0.481 bits per heavy atom. The molecule has 6 aliphatic rings. The van der Waals surface area contributed by atoms with E-state index in [1.807, 2.05) is 96.4 Å². The van der Waals surface area contributed by atoms with Gasteiger partial charge in [-0.05, 0) is 271 Å². The van der Waals surface area contributed by atoms with Crippen LogP contribution in [0.3, 0.4) is 0 Å². The Morgan fingerprint density at radius 3 is 1.27 bits per heavy atom. The van der Waals surface area contributed by atoms with Crippen LogP contribution in [-0.2, 0) is 80.2 Å². The van der Waals surface area contributed by atoms with Crippen molar-refractivity contribution >= 4 is 93.5 Å². The van der Waals surface area contributed by atoms with Crippen molar-refractivity contribution in [3.05, 3.63) is 272 Å². The second kappa shape index (κ2) is 34.6. The maximum atomic E-state index is 14.9. The van der Waals surface area contributed by atoms with Gasteiger partial charge >= 0.3 is 0 Å². The summed E-state index contributed by atoms with van der Waals surface area (Å²) in [6.45, 7) is 22.8. The molecule has 3 fully saturated rings. The molecule has 10 atom stereocenters. The van der Waals surface area contributed by atoms with Crippen LogP contribution < -0.4 is 0 Å². The number of rotatable bonds is 20. The van der Waals surface area contributed by atoms with E-state index in [-0.39, 0.29) is 86.7 Å². The second-order valence-corrected chi connectivity index (χ2v) is 45.9. The van der Waals surface area contributed by atoms with Crippen molar-refractivity contribution in [1.82, 2.24) is 82.0 Å². The molecule has 3 unspecified atom stereocenters. The number of allylic oxidation sites excluding steroid dienone is 3. The van der Waals surface area contributed by atoms with Crippen molar-refractivity contribution in [2.75, 3.05) is 0 Å². The van der Waals surface area contributed by atoms with Crippen molar-refractivity contribution in [3.63, 3.8) is 0 Å². The molecule has 3 saturated carbocycles. The number of halogens is 4. The molecule has 0 aliphatic heterocycles. The van der Waals surface area contributed by atoms with Crippen LogP contribution in [0.25, 0.3) is 35.3 Å². The van der Waals surface area contributed by atoms with Gasteiger partial charge in [-0.25, -0.2) is 58.6 Å². The van der Waals surface area contributed by atoms with E-state index in [0.29, 0.717) is 102 Å². The molecule has 0 N–H and O–H groups in total. The van der Waals surface area contributed by atoms with Crippen LogP contribution in [0.5, 0.6) is 0 Å². The highest BCUT2D eigenvalue weighted by atomic mass is 32.2. The normalized spacial score (nSPS) is 21.8. The molecule has 674 valence electrons. The number of aromatic nitrogens is 15. The molecule has 9 aromatic heterocycles. The Labute approximate surface area is 755 Å². The molecule has 0 amide bonds. The number of carbonyl (C=O) groups is 3. The van der Waals surface area contributed by atoms with Gasteiger partial charge in [0.05, 0.1) is 117 Å². The third-order valence-corrected chi connectivity index (χ3v) is 35.2. The summed E-state index contributed by atoms with van der Waals surface area (Å²) in [7, 11) is -3.13. The largest absolute Gasteiger partial charge is 0.339 e. The van der Waals surface area contributed by atoms with Crippen LogP contribution in [0, 0.1) is 45.4 Å². The summed E-state index contributed by atoms with van der Waals surface area (Å²) in [6, 6.07) is 24.3. The number of benzene rings is 3. The molecule has 0 bridgehead atoms. The molecule has 6 aliphatic carbocycles. The summed E-state index contributed by atoms with van der Waals surface area (Å²) >= 11 is 1.46. The fourth-order valence-electron chi connectivity index (χ4n) is 19.9. The van der Waals surface area contributed by atoms with Crippen LogP contribution in [0.2, 0.25) is 0 Å². The summed E-state index contributed by atoms with van der Waals surface area (Å²) < 4.78 is 113. The first-order valence-electron chi connectivity index (χ1n) is 43.4. The van der Waals surface area contributed by atoms with E-state index >= 15 is 0 Å². The quantitative estimate of drug-likeness (QED) is 0.0390. The van der Waals surface area contributed by atoms with E-state index in [9.17, 15) is 44.6 Å². The number of carbonyl (C=O) groups excluding carboxylic acids is 3. The van der Waals surface area contributed by atoms with Crippen molar-refractivity contribution in [2.24, 2.45) is 43.3 Å². The fourth-order valence-corrected chi connectivity index (χ4v) is 27.0. The van der Waals surface area contributed by atoms with Gasteiger partial charge in [-0.1, -0.05) is 65.2 Å². The molecule has 18 rings (SSSR count). The summed E-state index contributed by atoms with van der Waals surface area (Å²) in [4.78, 5) is 64.0. The van der Waals surface area contributed by atoms with E-state index < -0.39 is 51.0 Å². The Hall–Kier alpha value is -11.2. The second-order valence-electron chi connectivity index (χ2n) is 37.9. The average Bonchev–Trinajstić information content (AvgIpc) is 1.71. The lowest BCUT2D eigenvalue weighted by Crippen LogP contribution is -2.52. The SMILES string of the molecule is C=S(=O)(c1cn(C)cn1)[C@H](C)[C@H]1CCC2=Cc3c(cnn3-c3ccc(F)cc3)C[C@]2(C(=O)c2cc(F)ccn2)C1.C=S(=O)(c1cnn(C)c1)N(C(C)C)[C@H]1CCC2=Cc3c(cnn3-c3ccc(F)cc3)C[C@]2(C(=O)c2cc(C(C)(C)C)ccn2)C1.C=S(=O)(c1cnn(C)c1)N(C(C)C)[C@H]1CCC2=Cc3c(cnn3-c3ccc(F)cc3)C[C@]2(C(=O)c2ncc(C(C)(C)C)s2)C1. The van der Waals surface area contributed by atoms with E-state index in [0.717, 1.165) is 78.7 Å². The van der Waals surface area contributed by atoms with E-state index in [1.165, 1.54) is 66.1 Å². The lowest BCUT2D eigenvalue weighted by Gasteiger charge is -2.48. The summed E-state index contributed by atoms with van der Waals surface area (Å²) in [5, 5.41) is 23.0. The van der Waals surface area contributed by atoms with Crippen molar-refractivity contribution in [2.45, 2.75) is 208 Å². The smallest absolute Gasteiger partial charge is 0.201 e. The fraction of sp³-hybridized carbons (Fsp3) is 0.378. The maximum Gasteiger partial charge on any atom is 0.201 e. The predicted octanol–water partition coefficient (Wildman–Crippen LogP) is 17.5. The van der Waals surface area contributed by atoms with Crippen LogP contribution in [0.1, 0.15) is 209 Å². The molecular formula is C98H109F4N17O6S4. The molecule has 31 heteroatoms. The standard InChI is InChI=1S/C35H41FN6O2S.C33H39FN6O2S2.C30H29F2N5O2S/c1-23(2)42(45(7,44)30-21-38-40(6)22-30)29-11-8-26-17-32-24(20-39-41(32)28-12-9-27(36)10-13-28)18-35(26,19-29)33(43)31-16-25(14-15-37-31)34(3,4)5;1-21(2)40(44(7,42)27-18-36-38(6)20-27)26-11-8-23-14-28-22(17-37-39(28)25-12-9-24(34)10-13-25)15-33(23,16-26)30(41)31-35-19-29(43-31)32(3,4)5;1-19(40(3,39)28-17-36(2)18-34-28)20-4-5-22-12-27-21(16-35-37(27)25-8-6-23(31)7-9-25)15-30(22,14-20)29(38)26-13-24(32)10-11-33-26/h9-10,12-17,20-23,29H,7-8,11,18-19H2,1-6H3;9-10,12-14,17-21,26H,7-8,11,15-16H2,1-6H3;6-13,16-20H,3-5,14-15H2,1-2H3/t29-,35-,45?;26-,33-,44?;19-,20+,30-,40?/m001/s1. The van der Waals surface area contributed by atoms with Gasteiger partial charge in [0, 0.05) is 108 Å². The Kier molecular flexibility index (Phi) is 24.4. The summed E-state index contributed by atoms with van der Waals surface area (Å²) in [6.07, 6.45) is 33.1. The number of nitrogens with zero attached hydrogens (tertiary/aromatic N) is 17. The van der Waals surface area contributed by atoms with E-state index in [1.54, 1.807) is 119 Å². The van der Waals surface area contributed by atoms with Gasteiger partial charge in [-0.15, -0.1) is 11.3 Å². The Morgan fingerprint density at radius 2 is 0.891 bits per heavy atom. The number of ketones is 3. The number of aryl methyl sites for hydroxylation is 3. The van der Waals surface area contributed by atoms with Crippen LogP contribution >= 0.6 is 11.3 Å². The molecule has 3 aromatic carbocycles. The number of pyridine rings is 2. The molecular weight excluding hydrogens is 1720 g/mol. The van der Waals surface area contributed by atoms with E-state index in [4.69, 9.17) is 0 Å². The lowest BCUT2D eigenvalue weighted by molar-refractivity contribution is 0.0723. The van der Waals surface area contributed by atoms with Crippen LogP contribution in [0.15, 0.2) is 203 Å². The molecule has 23 nitrogen and oxygen atoms in total. The highest BCUT2D eigenvalue weighted by Crippen LogP contribution is 2.57. The monoisotopic (exact) mass is 1820 g/mol. The first-order valence-corrected chi connectivity index (χ1v) is 49.4. The predicted molar refractivity (Wildman–Crippen MR) is 500 cm³/mol. The van der Waals surface area contributed by atoms with Gasteiger partial charge in [0.15, 0.2) is 16.6 Å². The summed E-state index contributed by atoms with van der Waals surface area (Å²) in [5.41, 5.74) is 9.00. The molecule has 0 saturated heterocycles. The molecule has 12 aromatic rings. The zero-order valence-electron chi connectivity index (χ0n) is 75.2. The number of imidazole rings is 1. The van der Waals surface area contributed by atoms with Crippen molar-refractivity contribution < 1.29 is 44.6 Å². The van der Waals surface area contributed by atoms with Crippen molar-refractivity contribution in [1.29, 1.82) is 0 Å². The third kappa shape index (κ3) is 17.2. The number of fused-ring (bicyclic) bond motifs is 6. The summed E-state index contributed by atoms with van der Waals surface area (Å²) in [5.74, 6) is 10.7. The van der Waals surface area contributed by atoms with Crippen molar-refractivity contribution in [3.8, 4) is 17.1 Å². The molecule has 9 heterocycles. The van der Waals surface area contributed by atoms with Gasteiger partial charge in [0.2, 0.25) is 5.78 Å². The number of hydrogen-bond donors (Lipinski definition) is 0. The van der Waals surface area contributed by atoms with Gasteiger partial charge in [-0.3, -0.25) is 37.9 Å². The lowest BCUT2D eigenvalue weighted by atomic mass is 9.58. The van der Waals surface area contributed by atoms with Crippen LogP contribution in [0.4, 0.5) is 17.6 Å². The molecule has 129 heavy (non-hydrogen) atoms. The van der Waals surface area contributed by atoms with Gasteiger partial charge < -0.3 is 4.57 Å². The van der Waals surface area contributed by atoms with Gasteiger partial charge in [0.1, 0.15) is 39.7 Å². The minimum Gasteiger partial charge on any atom is -0.339 e. The molecule has 0 spiro atoms. The minimum absolute atomic E-state index is 0.00484. The number of thiazole rings is 1. The maximum absolute atomic E-state index is 14.9. The number of Topliss-reactive ketones (excluding diaryl/α,β-unsaturated/α-hetero) is 3. The highest BCUT2D eigenvalue weighted by Gasteiger charge is 2.56. The van der Waals surface area contributed by atoms with Gasteiger partial charge in [-0.2, -0.15) is 25.5 Å². The first-order chi connectivity index (χ1) is 61.0. The average molecular weight is 1830 g/mol. The van der Waals surface area contributed by atoms with Crippen LogP contribution in [-0.4, -0.2) is 159 Å². The zero-order chi connectivity index (χ0) is 92.1. The first kappa shape index (κ1) is 91.1.